The highest BCUT2D eigenvalue weighted by molar-refractivity contribution is 5.76. The first-order valence-electron chi connectivity index (χ1n) is 7.49. The van der Waals surface area contributed by atoms with Gasteiger partial charge in [0.05, 0.1) is 11.0 Å². The van der Waals surface area contributed by atoms with Crippen LogP contribution in [0.1, 0.15) is 57.3 Å². The van der Waals surface area contributed by atoms with E-state index in [4.69, 9.17) is 10.7 Å². The number of halogens is 1. The van der Waals surface area contributed by atoms with Gasteiger partial charge in [0.1, 0.15) is 11.6 Å². The number of fused-ring (bicyclic) bond motifs is 1. The summed E-state index contributed by atoms with van der Waals surface area (Å²) >= 11 is 0. The second-order valence-corrected chi connectivity index (χ2v) is 6.19. The third-order valence-corrected chi connectivity index (χ3v) is 4.28. The fourth-order valence-electron chi connectivity index (χ4n) is 3.38. The summed E-state index contributed by atoms with van der Waals surface area (Å²) in [6.07, 6.45) is 4.37. The van der Waals surface area contributed by atoms with Gasteiger partial charge in [0.15, 0.2) is 0 Å². The van der Waals surface area contributed by atoms with Crippen LogP contribution in [0.3, 0.4) is 0 Å². The van der Waals surface area contributed by atoms with E-state index in [9.17, 15) is 4.39 Å². The van der Waals surface area contributed by atoms with E-state index >= 15 is 0 Å². The van der Waals surface area contributed by atoms with E-state index in [1.165, 1.54) is 12.1 Å². The molecule has 1 aromatic heterocycles. The van der Waals surface area contributed by atoms with E-state index in [2.05, 4.69) is 18.4 Å². The molecule has 1 aliphatic rings. The molecular weight excluding hydrogens is 253 g/mol. The zero-order valence-corrected chi connectivity index (χ0v) is 12.1. The van der Waals surface area contributed by atoms with Crippen molar-refractivity contribution < 1.29 is 4.39 Å². The van der Waals surface area contributed by atoms with Gasteiger partial charge in [-0.3, -0.25) is 0 Å². The van der Waals surface area contributed by atoms with Gasteiger partial charge in [-0.1, -0.05) is 6.42 Å². The number of nitrogens with two attached hydrogens (primary N) is 1. The largest absolute Gasteiger partial charge is 0.328 e. The fourth-order valence-corrected chi connectivity index (χ4v) is 3.38. The molecule has 3 nitrogen and oxygen atoms in total. The fraction of sp³-hybridized carbons (Fsp3) is 0.562. The van der Waals surface area contributed by atoms with E-state index in [0.717, 1.165) is 42.5 Å². The Morgan fingerprint density at radius 1 is 1.35 bits per heavy atom. The number of hydrogen-bond donors (Lipinski definition) is 1. The van der Waals surface area contributed by atoms with Crippen LogP contribution >= 0.6 is 0 Å². The molecule has 0 bridgehead atoms. The summed E-state index contributed by atoms with van der Waals surface area (Å²) in [6, 6.07) is 5.47. The van der Waals surface area contributed by atoms with Gasteiger partial charge in [-0.25, -0.2) is 9.37 Å². The highest BCUT2D eigenvalue weighted by atomic mass is 19.1. The third kappa shape index (κ3) is 2.33. The van der Waals surface area contributed by atoms with Gasteiger partial charge in [-0.2, -0.15) is 0 Å². The van der Waals surface area contributed by atoms with Crippen molar-refractivity contribution in [2.24, 2.45) is 5.73 Å². The summed E-state index contributed by atoms with van der Waals surface area (Å²) in [6.45, 7) is 4.30. The number of hydrogen-bond acceptors (Lipinski definition) is 2. The summed E-state index contributed by atoms with van der Waals surface area (Å²) < 4.78 is 15.7. The topological polar surface area (TPSA) is 43.8 Å². The maximum atomic E-state index is 13.4. The molecule has 1 heterocycles. The Balaban J connectivity index is 2.11. The summed E-state index contributed by atoms with van der Waals surface area (Å²) in [5.41, 5.74) is 7.89. The van der Waals surface area contributed by atoms with Crippen molar-refractivity contribution >= 4 is 11.0 Å². The van der Waals surface area contributed by atoms with Gasteiger partial charge >= 0.3 is 0 Å². The van der Waals surface area contributed by atoms with Crippen molar-refractivity contribution in [3.8, 4) is 0 Å². The van der Waals surface area contributed by atoms with Crippen molar-refractivity contribution in [2.75, 3.05) is 0 Å². The van der Waals surface area contributed by atoms with E-state index in [1.54, 1.807) is 0 Å². The number of imidazole rings is 1. The Bertz CT molecular complexity index is 617. The van der Waals surface area contributed by atoms with Crippen LogP contribution in [0.2, 0.25) is 0 Å². The van der Waals surface area contributed by atoms with Crippen LogP contribution in [0.15, 0.2) is 18.2 Å². The second kappa shape index (κ2) is 5.17. The van der Waals surface area contributed by atoms with Crippen LogP contribution < -0.4 is 5.73 Å². The molecule has 0 aliphatic heterocycles. The molecule has 4 heteroatoms. The molecule has 2 aromatic rings. The molecular formula is C16H22FN3. The van der Waals surface area contributed by atoms with E-state index in [-0.39, 0.29) is 11.9 Å². The molecule has 2 atom stereocenters. The summed E-state index contributed by atoms with van der Waals surface area (Å²) in [5.74, 6) is 1.25. The minimum Gasteiger partial charge on any atom is -0.328 e. The van der Waals surface area contributed by atoms with Crippen molar-refractivity contribution in [1.82, 2.24) is 9.55 Å². The lowest BCUT2D eigenvalue weighted by molar-refractivity contribution is 0.369. The van der Waals surface area contributed by atoms with Crippen LogP contribution in [0, 0.1) is 5.82 Å². The maximum absolute atomic E-state index is 13.4. The monoisotopic (exact) mass is 275 g/mol. The Hall–Kier alpha value is -1.42. The minimum absolute atomic E-state index is 0.224. The van der Waals surface area contributed by atoms with Gasteiger partial charge in [-0.15, -0.1) is 0 Å². The Morgan fingerprint density at radius 3 is 2.85 bits per heavy atom. The van der Waals surface area contributed by atoms with E-state index < -0.39 is 0 Å². The molecule has 0 spiro atoms. The first kappa shape index (κ1) is 13.6. The predicted octanol–water partition coefficient (Wildman–Crippen LogP) is 3.74. The molecule has 108 valence electrons. The first-order valence-corrected chi connectivity index (χ1v) is 7.49. The minimum atomic E-state index is -0.224. The lowest BCUT2D eigenvalue weighted by Gasteiger charge is -2.27. The van der Waals surface area contributed by atoms with Gasteiger partial charge in [-0.05, 0) is 45.2 Å². The first-order chi connectivity index (χ1) is 9.56. The molecule has 2 N–H and O–H groups in total. The Kier molecular flexibility index (Phi) is 3.50. The van der Waals surface area contributed by atoms with Crippen molar-refractivity contribution in [3.05, 3.63) is 29.8 Å². The highest BCUT2D eigenvalue weighted by Gasteiger charge is 2.26. The van der Waals surface area contributed by atoms with Gasteiger partial charge in [0.2, 0.25) is 0 Å². The quantitative estimate of drug-likeness (QED) is 0.907. The van der Waals surface area contributed by atoms with Crippen LogP contribution in [0.5, 0.6) is 0 Å². The molecule has 20 heavy (non-hydrogen) atoms. The normalized spacial score (nSPS) is 23.6. The summed E-state index contributed by atoms with van der Waals surface area (Å²) in [4.78, 5) is 4.72. The number of benzene rings is 1. The van der Waals surface area contributed by atoms with Crippen LogP contribution in [0.4, 0.5) is 4.39 Å². The van der Waals surface area contributed by atoms with Crippen molar-refractivity contribution in [2.45, 2.75) is 57.5 Å². The van der Waals surface area contributed by atoms with E-state index in [0.29, 0.717) is 12.0 Å². The van der Waals surface area contributed by atoms with Crippen LogP contribution in [-0.2, 0) is 0 Å². The van der Waals surface area contributed by atoms with Crippen molar-refractivity contribution in [3.63, 3.8) is 0 Å². The highest BCUT2D eigenvalue weighted by Crippen LogP contribution is 2.35. The predicted molar refractivity (Wildman–Crippen MR) is 79.3 cm³/mol. The molecule has 0 amide bonds. The molecule has 1 aromatic carbocycles. The third-order valence-electron chi connectivity index (χ3n) is 4.28. The molecule has 2 unspecified atom stereocenters. The number of nitrogens with zero attached hydrogens (tertiary/aromatic N) is 2. The summed E-state index contributed by atoms with van der Waals surface area (Å²) in [5, 5.41) is 0. The van der Waals surface area contributed by atoms with Crippen LogP contribution in [0.25, 0.3) is 11.0 Å². The lowest BCUT2D eigenvalue weighted by atomic mass is 9.85. The maximum Gasteiger partial charge on any atom is 0.125 e. The van der Waals surface area contributed by atoms with Gasteiger partial charge in [0.25, 0.3) is 0 Å². The molecule has 0 saturated heterocycles. The van der Waals surface area contributed by atoms with E-state index in [1.807, 2.05) is 6.07 Å². The average Bonchev–Trinajstić information content (AvgIpc) is 2.77. The second-order valence-electron chi connectivity index (χ2n) is 6.19. The summed E-state index contributed by atoms with van der Waals surface area (Å²) in [7, 11) is 0. The molecule has 1 aliphatic carbocycles. The molecule has 3 rings (SSSR count). The zero-order chi connectivity index (χ0) is 14.3. The Labute approximate surface area is 119 Å². The van der Waals surface area contributed by atoms with Crippen LogP contribution in [-0.4, -0.2) is 15.6 Å². The zero-order valence-electron chi connectivity index (χ0n) is 12.1. The SMILES string of the molecule is CC(C)n1c(C2CCCC(N)C2)nc2cc(F)ccc21. The molecule has 1 saturated carbocycles. The smallest absolute Gasteiger partial charge is 0.125 e. The standard InChI is InChI=1S/C16H22FN3/c1-10(2)20-15-7-6-12(17)9-14(15)19-16(20)11-4-3-5-13(18)8-11/h6-7,9-11,13H,3-5,8,18H2,1-2H3. The molecule has 0 radical (unpaired) electrons. The lowest BCUT2D eigenvalue weighted by Crippen LogP contribution is -2.28. The number of aromatic nitrogens is 2. The Morgan fingerprint density at radius 2 is 2.15 bits per heavy atom. The van der Waals surface area contributed by atoms with Gasteiger partial charge < -0.3 is 10.3 Å². The average molecular weight is 275 g/mol. The van der Waals surface area contributed by atoms with Crippen molar-refractivity contribution in [1.29, 1.82) is 0 Å². The molecule has 1 fully saturated rings. The number of rotatable bonds is 2. The van der Waals surface area contributed by atoms with Gasteiger partial charge in [0, 0.05) is 24.1 Å².